The fourth-order valence-electron chi connectivity index (χ4n) is 4.60. The molecular weight excluding hydrogens is 500 g/mol. The van der Waals surface area contributed by atoms with E-state index in [9.17, 15) is 23.1 Å². The van der Waals surface area contributed by atoms with E-state index < -0.39 is 27.8 Å². The van der Waals surface area contributed by atoms with Gasteiger partial charge in [0.2, 0.25) is 0 Å². The van der Waals surface area contributed by atoms with Crippen molar-refractivity contribution in [2.75, 3.05) is 18.6 Å². The van der Waals surface area contributed by atoms with Gasteiger partial charge in [0.15, 0.2) is 0 Å². The predicted octanol–water partition coefficient (Wildman–Crippen LogP) is 5.37. The Morgan fingerprint density at radius 2 is 1.71 bits per heavy atom. The summed E-state index contributed by atoms with van der Waals surface area (Å²) in [5.41, 5.74) is 4.00. The Hall–Kier alpha value is -2.71. The molecule has 2 aromatic carbocycles. The van der Waals surface area contributed by atoms with Gasteiger partial charge in [-0.25, -0.2) is 13.2 Å². The molecule has 0 aliphatic carbocycles. The number of carbonyl (C=O) groups is 2. The van der Waals surface area contributed by atoms with E-state index >= 15 is 0 Å². The molecular formula is C30H44N2O5S. The van der Waals surface area contributed by atoms with Crippen LogP contribution in [0.1, 0.15) is 80.3 Å². The van der Waals surface area contributed by atoms with Crippen LogP contribution in [0.2, 0.25) is 0 Å². The van der Waals surface area contributed by atoms with E-state index in [4.69, 9.17) is 0 Å². The summed E-state index contributed by atoms with van der Waals surface area (Å²) < 4.78 is 23.1. The van der Waals surface area contributed by atoms with Crippen LogP contribution in [0.4, 0.5) is 0 Å². The summed E-state index contributed by atoms with van der Waals surface area (Å²) in [6, 6.07) is 12.0. The Morgan fingerprint density at radius 1 is 0.974 bits per heavy atom. The number of hydrogen-bond donors (Lipinski definition) is 3. The molecule has 0 heterocycles. The molecule has 2 unspecified atom stereocenters. The van der Waals surface area contributed by atoms with Gasteiger partial charge in [0.1, 0.15) is 15.9 Å². The molecule has 3 N–H and O–H groups in total. The first-order valence-corrected chi connectivity index (χ1v) is 15.7. The molecule has 210 valence electrons. The number of nitrogens with one attached hydrogen (secondary N) is 2. The molecule has 0 fully saturated rings. The van der Waals surface area contributed by atoms with E-state index in [-0.39, 0.29) is 12.2 Å². The van der Waals surface area contributed by atoms with Crippen LogP contribution in [0.25, 0.3) is 11.1 Å². The standard InChI is InChI=1S/C30H44N2O5S/c1-5-7-8-12-23(6-2)16-18-31-21-24-14-15-26(27(20-24)25-13-10-9-11-22(25)3)29(33)32-28(30(34)35)17-19-38(4,36)37/h9-11,13-15,20,23,28,31H,5-8,12,16-19,21H2,1-4H3,(H,32,33)(H,34,35). The predicted molar refractivity (Wildman–Crippen MR) is 154 cm³/mol. The third kappa shape index (κ3) is 10.6. The Morgan fingerprint density at radius 3 is 2.34 bits per heavy atom. The Balaban J connectivity index is 2.19. The van der Waals surface area contributed by atoms with Gasteiger partial charge in [0.05, 0.1) is 5.75 Å². The second-order valence-electron chi connectivity index (χ2n) is 10.2. The van der Waals surface area contributed by atoms with Crippen molar-refractivity contribution in [3.8, 4) is 11.1 Å². The average molecular weight is 545 g/mol. The number of amides is 1. The van der Waals surface area contributed by atoms with Gasteiger partial charge in [-0.1, -0.05) is 76.3 Å². The van der Waals surface area contributed by atoms with Gasteiger partial charge in [-0.05, 0) is 66.6 Å². The zero-order valence-corrected chi connectivity index (χ0v) is 24.1. The van der Waals surface area contributed by atoms with Crippen molar-refractivity contribution in [2.24, 2.45) is 5.92 Å². The number of aliphatic carboxylic acids is 1. The van der Waals surface area contributed by atoms with Crippen molar-refractivity contribution in [3.63, 3.8) is 0 Å². The van der Waals surface area contributed by atoms with Crippen LogP contribution in [0.3, 0.4) is 0 Å². The van der Waals surface area contributed by atoms with Crippen molar-refractivity contribution in [1.82, 2.24) is 10.6 Å². The summed E-state index contributed by atoms with van der Waals surface area (Å²) in [4.78, 5) is 25.0. The second-order valence-corrected chi connectivity index (χ2v) is 12.5. The summed E-state index contributed by atoms with van der Waals surface area (Å²) in [5.74, 6) is -1.40. The minimum atomic E-state index is -3.36. The Bertz CT molecular complexity index is 1160. The van der Waals surface area contributed by atoms with Gasteiger partial charge in [0, 0.05) is 18.4 Å². The van der Waals surface area contributed by atoms with Crippen LogP contribution in [0.15, 0.2) is 42.5 Å². The molecule has 2 aromatic rings. The van der Waals surface area contributed by atoms with Crippen molar-refractivity contribution < 1.29 is 23.1 Å². The first-order chi connectivity index (χ1) is 18.1. The molecule has 0 bridgehead atoms. The summed E-state index contributed by atoms with van der Waals surface area (Å²) in [5, 5.41) is 15.6. The SMILES string of the molecule is CCCCCC(CC)CCNCc1ccc(C(=O)NC(CCS(C)(=O)=O)C(=O)O)c(-c2ccccc2C)c1. The molecule has 0 radical (unpaired) electrons. The largest absolute Gasteiger partial charge is 0.480 e. The molecule has 2 rings (SSSR count). The number of unbranched alkanes of at least 4 members (excludes halogenated alkanes) is 2. The number of sulfone groups is 1. The highest BCUT2D eigenvalue weighted by molar-refractivity contribution is 7.90. The summed E-state index contributed by atoms with van der Waals surface area (Å²) in [6.07, 6.45) is 8.26. The minimum absolute atomic E-state index is 0.196. The zero-order chi connectivity index (χ0) is 28.1. The highest BCUT2D eigenvalue weighted by Crippen LogP contribution is 2.28. The van der Waals surface area contributed by atoms with Crippen LogP contribution in [-0.2, 0) is 21.2 Å². The van der Waals surface area contributed by atoms with Gasteiger partial charge >= 0.3 is 5.97 Å². The summed E-state index contributed by atoms with van der Waals surface area (Å²) in [7, 11) is -3.36. The quantitative estimate of drug-likeness (QED) is 0.231. The number of aryl methyl sites for hydroxylation is 1. The van der Waals surface area contributed by atoms with E-state index in [1.807, 2.05) is 43.3 Å². The van der Waals surface area contributed by atoms with Crippen LogP contribution >= 0.6 is 0 Å². The molecule has 0 aliphatic rings. The van der Waals surface area contributed by atoms with Gasteiger partial charge in [-0.2, -0.15) is 0 Å². The van der Waals surface area contributed by atoms with E-state index in [1.165, 1.54) is 32.1 Å². The lowest BCUT2D eigenvalue weighted by atomic mass is 9.93. The van der Waals surface area contributed by atoms with Crippen LogP contribution < -0.4 is 10.6 Å². The molecule has 0 saturated carbocycles. The highest BCUT2D eigenvalue weighted by Gasteiger charge is 2.24. The maximum atomic E-state index is 13.2. The van der Waals surface area contributed by atoms with Gasteiger partial charge in [-0.15, -0.1) is 0 Å². The fraction of sp³-hybridized carbons (Fsp3) is 0.533. The minimum Gasteiger partial charge on any atom is -0.480 e. The molecule has 7 nitrogen and oxygen atoms in total. The number of benzene rings is 2. The smallest absolute Gasteiger partial charge is 0.326 e. The van der Waals surface area contributed by atoms with Crippen molar-refractivity contribution >= 4 is 21.7 Å². The van der Waals surface area contributed by atoms with Crippen LogP contribution in [0.5, 0.6) is 0 Å². The van der Waals surface area contributed by atoms with Gasteiger partial charge in [-0.3, -0.25) is 4.79 Å². The second kappa shape index (κ2) is 15.6. The lowest BCUT2D eigenvalue weighted by molar-refractivity contribution is -0.139. The third-order valence-corrected chi connectivity index (χ3v) is 7.97. The monoisotopic (exact) mass is 544 g/mol. The summed E-state index contributed by atoms with van der Waals surface area (Å²) >= 11 is 0. The van der Waals surface area contributed by atoms with Gasteiger partial charge < -0.3 is 15.7 Å². The first-order valence-electron chi connectivity index (χ1n) is 13.7. The average Bonchev–Trinajstić information content (AvgIpc) is 2.87. The lowest BCUT2D eigenvalue weighted by Crippen LogP contribution is -2.42. The number of carbonyl (C=O) groups excluding carboxylic acids is 1. The normalized spacial score (nSPS) is 13.2. The van der Waals surface area contributed by atoms with Crippen molar-refractivity contribution in [1.29, 1.82) is 0 Å². The molecule has 1 amide bonds. The molecule has 0 saturated heterocycles. The van der Waals surface area contributed by atoms with Crippen LogP contribution in [-0.4, -0.2) is 50.0 Å². The van der Waals surface area contributed by atoms with Crippen molar-refractivity contribution in [2.45, 2.75) is 78.3 Å². The highest BCUT2D eigenvalue weighted by atomic mass is 32.2. The maximum absolute atomic E-state index is 13.2. The zero-order valence-electron chi connectivity index (χ0n) is 23.3. The molecule has 8 heteroatoms. The topological polar surface area (TPSA) is 113 Å². The lowest BCUT2D eigenvalue weighted by Gasteiger charge is -2.18. The number of hydrogen-bond acceptors (Lipinski definition) is 5. The number of carboxylic acids is 1. The molecule has 2 atom stereocenters. The summed E-state index contributed by atoms with van der Waals surface area (Å²) in [6.45, 7) is 8.04. The number of carboxylic acid groups (broad SMARTS) is 1. The van der Waals surface area contributed by atoms with E-state index in [2.05, 4.69) is 24.5 Å². The molecule has 38 heavy (non-hydrogen) atoms. The van der Waals surface area contributed by atoms with Gasteiger partial charge in [0.25, 0.3) is 5.91 Å². The van der Waals surface area contributed by atoms with E-state index in [0.717, 1.165) is 47.4 Å². The molecule has 0 aliphatic heterocycles. The van der Waals surface area contributed by atoms with E-state index in [0.29, 0.717) is 12.1 Å². The Labute approximate surface area is 228 Å². The molecule has 0 spiro atoms. The molecule has 0 aromatic heterocycles. The van der Waals surface area contributed by atoms with E-state index in [1.54, 1.807) is 6.07 Å². The van der Waals surface area contributed by atoms with Crippen molar-refractivity contribution in [3.05, 3.63) is 59.2 Å². The van der Waals surface area contributed by atoms with Crippen LogP contribution in [0, 0.1) is 12.8 Å². The maximum Gasteiger partial charge on any atom is 0.326 e. The fourth-order valence-corrected chi connectivity index (χ4v) is 5.26. The number of rotatable bonds is 17. The third-order valence-electron chi connectivity index (χ3n) is 7.00. The first kappa shape index (κ1) is 31.5. The Kier molecular flexibility index (Phi) is 13.0.